The van der Waals surface area contributed by atoms with E-state index in [0.29, 0.717) is 11.6 Å². The molecule has 0 aromatic carbocycles. The Hall–Kier alpha value is -1.58. The highest BCUT2D eigenvalue weighted by molar-refractivity contribution is 14.0. The van der Waals surface area contributed by atoms with Gasteiger partial charge < -0.3 is 15.1 Å². The lowest BCUT2D eigenvalue weighted by Gasteiger charge is -2.11. The van der Waals surface area contributed by atoms with Crippen LogP contribution in [0, 0.1) is 5.92 Å². The molecule has 0 saturated heterocycles. The highest BCUT2D eigenvalue weighted by Crippen LogP contribution is 2.14. The summed E-state index contributed by atoms with van der Waals surface area (Å²) >= 11 is 0. The number of rotatable bonds is 11. The number of aliphatic imine (C=N–C) groups is 1. The van der Waals surface area contributed by atoms with Gasteiger partial charge in [0.15, 0.2) is 11.7 Å². The first-order valence-corrected chi connectivity index (χ1v) is 9.58. The van der Waals surface area contributed by atoms with Gasteiger partial charge in [-0.2, -0.15) is 5.10 Å². The standard InChI is InChI=1S/C19H32N6O.HI/c1-15(2)9-6-4-5-7-12-21-19(20-3)22-13-11-17-23-18(25-24-17)16-10-8-14-26-16;/h8,10,14-15H,4-7,9,11-13H2,1-3H3,(H2,20,21,22)(H,23,24,25);1H. The number of furan rings is 1. The highest BCUT2D eigenvalue weighted by atomic mass is 127. The van der Waals surface area contributed by atoms with Crippen molar-refractivity contribution in [2.75, 3.05) is 20.1 Å². The van der Waals surface area contributed by atoms with Gasteiger partial charge in [-0.15, -0.1) is 24.0 Å². The third-order valence-electron chi connectivity index (χ3n) is 4.15. The quantitative estimate of drug-likeness (QED) is 0.193. The number of H-pyrrole nitrogens is 1. The van der Waals surface area contributed by atoms with Crippen LogP contribution < -0.4 is 10.6 Å². The Morgan fingerprint density at radius 1 is 1.19 bits per heavy atom. The van der Waals surface area contributed by atoms with E-state index in [4.69, 9.17) is 4.42 Å². The number of guanidine groups is 1. The lowest BCUT2D eigenvalue weighted by molar-refractivity contribution is 0.518. The Bertz CT molecular complexity index is 638. The molecule has 0 spiro atoms. The zero-order valence-electron chi connectivity index (χ0n) is 16.6. The molecule has 152 valence electrons. The number of nitrogens with one attached hydrogen (secondary N) is 3. The van der Waals surface area contributed by atoms with Gasteiger partial charge in [0.05, 0.1) is 6.26 Å². The predicted molar refractivity (Wildman–Crippen MR) is 120 cm³/mol. The van der Waals surface area contributed by atoms with Crippen LogP contribution >= 0.6 is 24.0 Å². The summed E-state index contributed by atoms with van der Waals surface area (Å²) < 4.78 is 5.29. The topological polar surface area (TPSA) is 91.1 Å². The Morgan fingerprint density at radius 2 is 1.96 bits per heavy atom. The van der Waals surface area contributed by atoms with E-state index in [-0.39, 0.29) is 24.0 Å². The van der Waals surface area contributed by atoms with Gasteiger partial charge >= 0.3 is 0 Å². The van der Waals surface area contributed by atoms with Crippen LogP contribution in [-0.4, -0.2) is 41.3 Å². The van der Waals surface area contributed by atoms with E-state index in [1.165, 1.54) is 32.1 Å². The zero-order chi connectivity index (χ0) is 18.6. The molecule has 8 heteroatoms. The second-order valence-corrected chi connectivity index (χ2v) is 6.86. The molecule has 0 aliphatic carbocycles. The Morgan fingerprint density at radius 3 is 2.67 bits per heavy atom. The largest absolute Gasteiger partial charge is 0.461 e. The van der Waals surface area contributed by atoms with E-state index in [1.807, 2.05) is 12.1 Å². The molecule has 0 aliphatic rings. The van der Waals surface area contributed by atoms with Gasteiger partial charge in [-0.25, -0.2) is 4.98 Å². The van der Waals surface area contributed by atoms with Crippen LogP contribution in [0.2, 0.25) is 0 Å². The summed E-state index contributed by atoms with van der Waals surface area (Å²) in [6.45, 7) is 6.26. The van der Waals surface area contributed by atoms with Crippen molar-refractivity contribution in [3.63, 3.8) is 0 Å². The molecule has 0 aliphatic heterocycles. The summed E-state index contributed by atoms with van der Waals surface area (Å²) in [7, 11) is 1.79. The molecule has 0 amide bonds. The summed E-state index contributed by atoms with van der Waals surface area (Å²) in [5.41, 5.74) is 0. The molecule has 27 heavy (non-hydrogen) atoms. The Kier molecular flexibility index (Phi) is 11.8. The molecule has 3 N–H and O–H groups in total. The molecule has 2 heterocycles. The van der Waals surface area contributed by atoms with Crippen molar-refractivity contribution in [2.45, 2.75) is 52.4 Å². The average Bonchev–Trinajstić information content (AvgIpc) is 3.30. The second-order valence-electron chi connectivity index (χ2n) is 6.86. The minimum absolute atomic E-state index is 0. The van der Waals surface area contributed by atoms with Crippen LogP contribution in [0.15, 0.2) is 27.8 Å². The molecule has 0 fully saturated rings. The average molecular weight is 488 g/mol. The molecule has 0 saturated carbocycles. The van der Waals surface area contributed by atoms with E-state index in [1.54, 1.807) is 13.3 Å². The Balaban J connectivity index is 0.00000364. The summed E-state index contributed by atoms with van der Waals surface area (Å²) in [5.74, 6) is 3.73. The van der Waals surface area contributed by atoms with Crippen molar-refractivity contribution in [1.29, 1.82) is 0 Å². The number of hydrogen-bond acceptors (Lipinski definition) is 4. The highest BCUT2D eigenvalue weighted by Gasteiger charge is 2.08. The molecule has 0 bridgehead atoms. The smallest absolute Gasteiger partial charge is 0.216 e. The maximum absolute atomic E-state index is 5.29. The molecule has 2 rings (SSSR count). The van der Waals surface area contributed by atoms with E-state index in [9.17, 15) is 0 Å². The first-order valence-electron chi connectivity index (χ1n) is 9.58. The van der Waals surface area contributed by atoms with Gasteiger partial charge in [0.25, 0.3) is 0 Å². The maximum atomic E-state index is 5.29. The predicted octanol–water partition coefficient (Wildman–Crippen LogP) is 4.00. The Labute approximate surface area is 179 Å². The fraction of sp³-hybridized carbons (Fsp3) is 0.632. The van der Waals surface area contributed by atoms with Crippen molar-refractivity contribution in [2.24, 2.45) is 10.9 Å². The molecular formula is C19H33IN6O. The van der Waals surface area contributed by atoms with Crippen LogP contribution in [0.4, 0.5) is 0 Å². The molecule has 0 radical (unpaired) electrons. The van der Waals surface area contributed by atoms with E-state index < -0.39 is 0 Å². The first-order chi connectivity index (χ1) is 12.7. The SMILES string of the molecule is CN=C(NCCCCCCC(C)C)NCCc1nc(-c2ccco2)n[nH]1.I. The summed E-state index contributed by atoms with van der Waals surface area (Å²) in [4.78, 5) is 8.69. The van der Waals surface area contributed by atoms with E-state index in [0.717, 1.165) is 37.2 Å². The first kappa shape index (κ1) is 23.5. The number of aromatic amines is 1. The fourth-order valence-corrected chi connectivity index (χ4v) is 2.68. The van der Waals surface area contributed by atoms with Crippen LogP contribution in [-0.2, 0) is 6.42 Å². The third-order valence-corrected chi connectivity index (χ3v) is 4.15. The van der Waals surface area contributed by atoms with Gasteiger partial charge in [0.1, 0.15) is 5.82 Å². The van der Waals surface area contributed by atoms with Crippen molar-refractivity contribution < 1.29 is 4.42 Å². The summed E-state index contributed by atoms with van der Waals surface area (Å²) in [6, 6.07) is 3.67. The number of hydrogen-bond donors (Lipinski definition) is 3. The lowest BCUT2D eigenvalue weighted by atomic mass is 10.0. The normalized spacial score (nSPS) is 11.5. The molecule has 2 aromatic rings. The maximum Gasteiger partial charge on any atom is 0.216 e. The lowest BCUT2D eigenvalue weighted by Crippen LogP contribution is -2.38. The van der Waals surface area contributed by atoms with Gasteiger partial charge in [-0.05, 0) is 24.5 Å². The molecule has 0 unspecified atom stereocenters. The van der Waals surface area contributed by atoms with Crippen LogP contribution in [0.25, 0.3) is 11.6 Å². The number of unbranched alkanes of at least 4 members (excludes halogenated alkanes) is 3. The van der Waals surface area contributed by atoms with Crippen LogP contribution in [0.5, 0.6) is 0 Å². The van der Waals surface area contributed by atoms with Crippen LogP contribution in [0.3, 0.4) is 0 Å². The minimum Gasteiger partial charge on any atom is -0.461 e. The van der Waals surface area contributed by atoms with Crippen molar-refractivity contribution in [3.8, 4) is 11.6 Å². The zero-order valence-corrected chi connectivity index (χ0v) is 19.0. The van der Waals surface area contributed by atoms with Crippen molar-refractivity contribution >= 4 is 29.9 Å². The van der Waals surface area contributed by atoms with Crippen LogP contribution in [0.1, 0.15) is 51.8 Å². The van der Waals surface area contributed by atoms with Gasteiger partial charge in [0, 0.05) is 26.6 Å². The fourth-order valence-electron chi connectivity index (χ4n) is 2.68. The third kappa shape index (κ3) is 9.25. The van der Waals surface area contributed by atoms with E-state index >= 15 is 0 Å². The van der Waals surface area contributed by atoms with Gasteiger partial charge in [0.2, 0.25) is 5.82 Å². The molecular weight excluding hydrogens is 455 g/mol. The monoisotopic (exact) mass is 488 g/mol. The molecule has 2 aromatic heterocycles. The molecule has 7 nitrogen and oxygen atoms in total. The molecule has 0 atom stereocenters. The van der Waals surface area contributed by atoms with Gasteiger partial charge in [-0.1, -0.05) is 39.5 Å². The minimum atomic E-state index is 0. The van der Waals surface area contributed by atoms with Crippen molar-refractivity contribution in [1.82, 2.24) is 25.8 Å². The number of halogens is 1. The summed E-state index contributed by atoms with van der Waals surface area (Å²) in [6.07, 6.45) is 8.78. The number of nitrogens with zero attached hydrogens (tertiary/aromatic N) is 3. The van der Waals surface area contributed by atoms with E-state index in [2.05, 4.69) is 44.7 Å². The second kappa shape index (κ2) is 13.6. The summed E-state index contributed by atoms with van der Waals surface area (Å²) in [5, 5.41) is 13.8. The number of aromatic nitrogens is 3. The van der Waals surface area contributed by atoms with Crippen molar-refractivity contribution in [3.05, 3.63) is 24.2 Å². The van der Waals surface area contributed by atoms with Gasteiger partial charge in [-0.3, -0.25) is 10.1 Å².